The number of anilines is 1. The number of rotatable bonds is 2. The van der Waals surface area contributed by atoms with Crippen LogP contribution in [0, 0.1) is 13.8 Å². The van der Waals surface area contributed by atoms with Gasteiger partial charge in [-0.05, 0) is 79.6 Å². The minimum absolute atomic E-state index is 0.298. The fraction of sp³-hybridized carbons (Fsp3) is 0.333. The Bertz CT molecular complexity index is 613. The van der Waals surface area contributed by atoms with Crippen molar-refractivity contribution in [3.63, 3.8) is 0 Å². The summed E-state index contributed by atoms with van der Waals surface area (Å²) in [5.41, 5.74) is 6.33. The summed E-state index contributed by atoms with van der Waals surface area (Å²) in [5.74, 6) is 0.359. The molecule has 2 aromatic carbocycles. The Balaban J connectivity index is 1.91. The van der Waals surface area contributed by atoms with Gasteiger partial charge in [0.2, 0.25) is 0 Å². The zero-order valence-corrected chi connectivity index (χ0v) is 12.1. The summed E-state index contributed by atoms with van der Waals surface area (Å²) < 4.78 is 0. The number of hydrogen-bond donors (Lipinski definition) is 2. The van der Waals surface area contributed by atoms with Gasteiger partial charge in [0.15, 0.2) is 0 Å². The zero-order valence-electron chi connectivity index (χ0n) is 12.1. The van der Waals surface area contributed by atoms with E-state index in [-0.39, 0.29) is 0 Å². The quantitative estimate of drug-likeness (QED) is 0.839. The Morgan fingerprint density at radius 1 is 1.05 bits per heavy atom. The molecule has 1 aliphatic rings. The highest BCUT2D eigenvalue weighted by atomic mass is 16.3. The number of benzene rings is 2. The predicted octanol–water partition coefficient (Wildman–Crippen LogP) is 4.50. The Morgan fingerprint density at radius 3 is 2.55 bits per heavy atom. The van der Waals surface area contributed by atoms with Gasteiger partial charge in [-0.1, -0.05) is 12.1 Å². The summed E-state index contributed by atoms with van der Waals surface area (Å²) in [6.07, 6.45) is 3.42. The first-order valence-corrected chi connectivity index (χ1v) is 7.28. The lowest BCUT2D eigenvalue weighted by Gasteiger charge is -2.27. The average Bonchev–Trinajstić information content (AvgIpc) is 2.38. The van der Waals surface area contributed by atoms with Crippen LogP contribution in [0.1, 0.15) is 41.1 Å². The minimum atomic E-state index is 0.298. The average molecular weight is 267 g/mol. The number of aryl methyl sites for hydroxylation is 3. The number of hydrogen-bond acceptors (Lipinski definition) is 2. The van der Waals surface area contributed by atoms with Crippen molar-refractivity contribution in [3.8, 4) is 5.75 Å². The second kappa shape index (κ2) is 5.20. The highest BCUT2D eigenvalue weighted by Gasteiger charge is 2.20. The van der Waals surface area contributed by atoms with Crippen LogP contribution >= 0.6 is 0 Å². The number of aromatic hydroxyl groups is 1. The number of phenols is 1. The SMILES string of the molecule is Cc1cc(C)cc(NC2CCCc3ccc(O)cc32)c1. The van der Waals surface area contributed by atoms with E-state index in [1.54, 1.807) is 6.07 Å². The van der Waals surface area contributed by atoms with Crippen LogP contribution in [0.15, 0.2) is 36.4 Å². The molecule has 20 heavy (non-hydrogen) atoms. The third kappa shape index (κ3) is 2.64. The monoisotopic (exact) mass is 267 g/mol. The van der Waals surface area contributed by atoms with Gasteiger partial charge in [0.1, 0.15) is 5.75 Å². The van der Waals surface area contributed by atoms with E-state index in [0.717, 1.165) is 12.8 Å². The van der Waals surface area contributed by atoms with Crippen LogP contribution < -0.4 is 5.32 Å². The van der Waals surface area contributed by atoms with E-state index in [1.165, 1.54) is 34.4 Å². The third-order valence-corrected chi connectivity index (χ3v) is 4.01. The van der Waals surface area contributed by atoms with Gasteiger partial charge in [-0.3, -0.25) is 0 Å². The van der Waals surface area contributed by atoms with Crippen molar-refractivity contribution in [3.05, 3.63) is 58.7 Å². The molecule has 0 amide bonds. The summed E-state index contributed by atoms with van der Waals surface area (Å²) in [6.45, 7) is 4.25. The molecule has 2 nitrogen and oxygen atoms in total. The van der Waals surface area contributed by atoms with Crippen molar-refractivity contribution in [2.24, 2.45) is 0 Å². The molecule has 3 rings (SSSR count). The fourth-order valence-electron chi connectivity index (χ4n) is 3.20. The molecule has 0 aliphatic heterocycles. The molecule has 2 heteroatoms. The van der Waals surface area contributed by atoms with Crippen LogP contribution in [0.3, 0.4) is 0 Å². The molecule has 104 valence electrons. The first-order chi connectivity index (χ1) is 9.61. The molecular formula is C18H21NO. The van der Waals surface area contributed by atoms with Gasteiger partial charge in [0.05, 0.1) is 6.04 Å². The van der Waals surface area contributed by atoms with E-state index < -0.39 is 0 Å². The molecular weight excluding hydrogens is 246 g/mol. The molecule has 1 atom stereocenters. The molecule has 0 radical (unpaired) electrons. The van der Waals surface area contributed by atoms with Gasteiger partial charge in [-0.25, -0.2) is 0 Å². The van der Waals surface area contributed by atoms with Crippen LogP contribution in [0.25, 0.3) is 0 Å². The molecule has 0 fully saturated rings. The second-order valence-corrected chi connectivity index (χ2v) is 5.85. The van der Waals surface area contributed by atoms with Gasteiger partial charge in [0, 0.05) is 5.69 Å². The Morgan fingerprint density at radius 2 is 1.80 bits per heavy atom. The minimum Gasteiger partial charge on any atom is -0.508 e. The smallest absolute Gasteiger partial charge is 0.115 e. The number of fused-ring (bicyclic) bond motifs is 1. The molecule has 0 saturated heterocycles. The summed E-state index contributed by atoms with van der Waals surface area (Å²) in [4.78, 5) is 0. The normalized spacial score (nSPS) is 17.6. The Hall–Kier alpha value is -1.96. The molecule has 0 bridgehead atoms. The summed E-state index contributed by atoms with van der Waals surface area (Å²) >= 11 is 0. The van der Waals surface area contributed by atoms with Crippen molar-refractivity contribution in [1.29, 1.82) is 0 Å². The zero-order chi connectivity index (χ0) is 14.1. The molecule has 0 aromatic heterocycles. The Labute approximate surface area is 120 Å². The van der Waals surface area contributed by atoms with Crippen LogP contribution in [0.2, 0.25) is 0 Å². The maximum absolute atomic E-state index is 9.73. The van der Waals surface area contributed by atoms with Gasteiger partial charge >= 0.3 is 0 Å². The molecule has 0 spiro atoms. The van der Waals surface area contributed by atoms with Crippen molar-refractivity contribution < 1.29 is 5.11 Å². The fourth-order valence-corrected chi connectivity index (χ4v) is 3.20. The van der Waals surface area contributed by atoms with Crippen LogP contribution in [-0.4, -0.2) is 5.11 Å². The van der Waals surface area contributed by atoms with Gasteiger partial charge < -0.3 is 10.4 Å². The highest BCUT2D eigenvalue weighted by molar-refractivity contribution is 5.51. The molecule has 0 heterocycles. The van der Waals surface area contributed by atoms with Gasteiger partial charge in [0.25, 0.3) is 0 Å². The standard InChI is InChI=1S/C18H21NO/c1-12-8-13(2)10-15(9-12)19-18-5-3-4-14-6-7-16(20)11-17(14)18/h6-11,18-20H,3-5H2,1-2H3. The molecule has 1 aliphatic carbocycles. The van der Waals surface area contributed by atoms with Crippen LogP contribution in [-0.2, 0) is 6.42 Å². The largest absolute Gasteiger partial charge is 0.508 e. The topological polar surface area (TPSA) is 32.3 Å². The lowest BCUT2D eigenvalue weighted by Crippen LogP contribution is -2.17. The van der Waals surface area contributed by atoms with Crippen LogP contribution in [0.5, 0.6) is 5.75 Å². The van der Waals surface area contributed by atoms with E-state index in [1.807, 2.05) is 6.07 Å². The molecule has 2 aromatic rings. The number of phenolic OH excluding ortho intramolecular Hbond substituents is 1. The van der Waals surface area contributed by atoms with E-state index in [0.29, 0.717) is 11.8 Å². The highest BCUT2D eigenvalue weighted by Crippen LogP contribution is 2.34. The van der Waals surface area contributed by atoms with E-state index >= 15 is 0 Å². The first kappa shape index (κ1) is 13.0. The third-order valence-electron chi connectivity index (χ3n) is 4.01. The maximum Gasteiger partial charge on any atom is 0.115 e. The van der Waals surface area contributed by atoms with Gasteiger partial charge in [-0.2, -0.15) is 0 Å². The maximum atomic E-state index is 9.73. The van der Waals surface area contributed by atoms with E-state index in [4.69, 9.17) is 0 Å². The predicted molar refractivity (Wildman–Crippen MR) is 83.3 cm³/mol. The summed E-state index contributed by atoms with van der Waals surface area (Å²) in [5, 5.41) is 13.4. The van der Waals surface area contributed by atoms with Gasteiger partial charge in [-0.15, -0.1) is 0 Å². The summed E-state index contributed by atoms with van der Waals surface area (Å²) in [6, 6.07) is 12.6. The van der Waals surface area contributed by atoms with E-state index in [2.05, 4.69) is 43.4 Å². The van der Waals surface area contributed by atoms with E-state index in [9.17, 15) is 5.11 Å². The first-order valence-electron chi connectivity index (χ1n) is 7.28. The molecule has 2 N–H and O–H groups in total. The van der Waals surface area contributed by atoms with Crippen LogP contribution in [0.4, 0.5) is 5.69 Å². The lowest BCUT2D eigenvalue weighted by molar-refractivity contribution is 0.471. The molecule has 0 saturated carbocycles. The molecule has 1 unspecified atom stereocenters. The lowest BCUT2D eigenvalue weighted by atomic mass is 9.87. The van der Waals surface area contributed by atoms with Crippen molar-refractivity contribution in [1.82, 2.24) is 0 Å². The van der Waals surface area contributed by atoms with Crippen molar-refractivity contribution in [2.45, 2.75) is 39.2 Å². The van der Waals surface area contributed by atoms with Crippen molar-refractivity contribution in [2.75, 3.05) is 5.32 Å². The van der Waals surface area contributed by atoms with Crippen molar-refractivity contribution >= 4 is 5.69 Å². The summed E-state index contributed by atoms with van der Waals surface area (Å²) in [7, 11) is 0. The number of nitrogens with one attached hydrogen (secondary N) is 1. The Kier molecular flexibility index (Phi) is 3.39. The second-order valence-electron chi connectivity index (χ2n) is 5.85.